The zero-order chi connectivity index (χ0) is 15.8. The van der Waals surface area contributed by atoms with E-state index in [4.69, 9.17) is 0 Å². The molecule has 0 bridgehead atoms. The summed E-state index contributed by atoms with van der Waals surface area (Å²) >= 11 is 0. The van der Waals surface area contributed by atoms with Gasteiger partial charge in [-0.25, -0.2) is 9.78 Å². The second-order valence-corrected chi connectivity index (χ2v) is 6.13. The van der Waals surface area contributed by atoms with Crippen molar-refractivity contribution in [1.29, 1.82) is 0 Å². The Bertz CT molecular complexity index is 946. The summed E-state index contributed by atoms with van der Waals surface area (Å²) in [5.41, 5.74) is 1.02. The molecule has 0 radical (unpaired) electrons. The van der Waals surface area contributed by atoms with E-state index in [9.17, 15) is 9.59 Å². The van der Waals surface area contributed by atoms with Crippen LogP contribution in [0.4, 0.5) is 0 Å². The van der Waals surface area contributed by atoms with Gasteiger partial charge < -0.3 is 4.98 Å². The summed E-state index contributed by atoms with van der Waals surface area (Å²) in [5, 5.41) is 0. The number of rotatable bonds is 3. The average Bonchev–Trinajstić information content (AvgIpc) is 3.21. The number of hydrogen-bond donors (Lipinski definition) is 2. The molecule has 0 saturated heterocycles. The van der Waals surface area contributed by atoms with E-state index in [2.05, 4.69) is 15.0 Å². The molecule has 0 amide bonds. The fraction of sp³-hybridized carbons (Fsp3) is 0.353. The Balaban J connectivity index is 1.85. The highest BCUT2D eigenvalue weighted by Crippen LogP contribution is 2.32. The smallest absolute Gasteiger partial charge is 0.330 e. The Labute approximate surface area is 132 Å². The third-order valence-corrected chi connectivity index (χ3v) is 4.58. The fourth-order valence-corrected chi connectivity index (χ4v) is 3.36. The summed E-state index contributed by atoms with van der Waals surface area (Å²) in [6, 6.07) is 9.69. The molecule has 3 aromatic rings. The summed E-state index contributed by atoms with van der Waals surface area (Å²) < 4.78 is 1.53. The minimum Gasteiger partial charge on any atom is -0.336 e. The minimum absolute atomic E-state index is 0.363. The van der Waals surface area contributed by atoms with Gasteiger partial charge in [-0.05, 0) is 18.4 Å². The molecule has 23 heavy (non-hydrogen) atoms. The molecule has 4 rings (SSSR count). The van der Waals surface area contributed by atoms with Crippen LogP contribution in [0.3, 0.4) is 0 Å². The molecule has 0 atom stereocenters. The maximum absolute atomic E-state index is 12.2. The van der Waals surface area contributed by atoms with E-state index in [0.29, 0.717) is 23.6 Å². The van der Waals surface area contributed by atoms with E-state index in [0.717, 1.165) is 24.2 Å². The number of nitrogens with one attached hydrogen (secondary N) is 2. The molecule has 2 aromatic heterocycles. The number of aromatic nitrogens is 4. The standard InChI is InChI=1S/C17H18N4O2/c22-16-13-15(19-14(18-13)12-8-4-5-9-12)21(17(23)20-16)10-11-6-2-1-3-7-11/h1-3,6-7,12H,4-5,8-10H2,(H,18,19)(H,20,22,23). The summed E-state index contributed by atoms with van der Waals surface area (Å²) in [6.07, 6.45) is 4.55. The van der Waals surface area contributed by atoms with Gasteiger partial charge in [0.2, 0.25) is 0 Å². The summed E-state index contributed by atoms with van der Waals surface area (Å²) in [7, 11) is 0. The van der Waals surface area contributed by atoms with Crippen LogP contribution in [0.5, 0.6) is 0 Å². The van der Waals surface area contributed by atoms with E-state index in [1.807, 2.05) is 30.3 Å². The third kappa shape index (κ3) is 2.50. The van der Waals surface area contributed by atoms with Gasteiger partial charge in [0, 0.05) is 5.92 Å². The van der Waals surface area contributed by atoms with Gasteiger partial charge in [-0.3, -0.25) is 14.3 Å². The van der Waals surface area contributed by atoms with Crippen LogP contribution in [-0.4, -0.2) is 19.5 Å². The largest absolute Gasteiger partial charge is 0.336 e. The van der Waals surface area contributed by atoms with E-state index in [1.165, 1.54) is 17.4 Å². The van der Waals surface area contributed by atoms with Gasteiger partial charge in [-0.1, -0.05) is 43.2 Å². The van der Waals surface area contributed by atoms with Crippen LogP contribution in [0.2, 0.25) is 0 Å². The first-order valence-electron chi connectivity index (χ1n) is 7.99. The molecule has 1 aromatic carbocycles. The highest BCUT2D eigenvalue weighted by molar-refractivity contribution is 5.70. The van der Waals surface area contributed by atoms with Crippen molar-refractivity contribution in [2.75, 3.05) is 0 Å². The first-order chi connectivity index (χ1) is 11.2. The Morgan fingerprint density at radius 3 is 2.57 bits per heavy atom. The quantitative estimate of drug-likeness (QED) is 0.777. The van der Waals surface area contributed by atoms with Crippen molar-refractivity contribution in [3.8, 4) is 0 Å². The topological polar surface area (TPSA) is 83.5 Å². The number of hydrogen-bond acceptors (Lipinski definition) is 3. The zero-order valence-electron chi connectivity index (χ0n) is 12.7. The van der Waals surface area contributed by atoms with E-state index >= 15 is 0 Å². The van der Waals surface area contributed by atoms with Gasteiger partial charge in [-0.15, -0.1) is 0 Å². The molecular formula is C17H18N4O2. The first kappa shape index (κ1) is 14.0. The number of aromatic amines is 2. The van der Waals surface area contributed by atoms with Crippen molar-refractivity contribution in [2.45, 2.75) is 38.1 Å². The van der Waals surface area contributed by atoms with Crippen LogP contribution in [0.15, 0.2) is 39.9 Å². The monoisotopic (exact) mass is 310 g/mol. The number of fused-ring (bicyclic) bond motifs is 1. The third-order valence-electron chi connectivity index (χ3n) is 4.58. The number of H-pyrrole nitrogens is 2. The molecule has 2 heterocycles. The number of imidazole rings is 1. The lowest BCUT2D eigenvalue weighted by Gasteiger charge is -2.06. The average molecular weight is 310 g/mol. The summed E-state index contributed by atoms with van der Waals surface area (Å²) in [5.74, 6) is 1.19. The summed E-state index contributed by atoms with van der Waals surface area (Å²) in [6.45, 7) is 0.391. The van der Waals surface area contributed by atoms with E-state index < -0.39 is 11.2 Å². The van der Waals surface area contributed by atoms with Crippen molar-refractivity contribution in [3.05, 3.63) is 62.6 Å². The Morgan fingerprint density at radius 2 is 1.83 bits per heavy atom. The van der Waals surface area contributed by atoms with E-state index in [-0.39, 0.29) is 0 Å². The summed E-state index contributed by atoms with van der Waals surface area (Å²) in [4.78, 5) is 34.5. The predicted molar refractivity (Wildman–Crippen MR) is 87.7 cm³/mol. The maximum atomic E-state index is 12.2. The fourth-order valence-electron chi connectivity index (χ4n) is 3.36. The van der Waals surface area contributed by atoms with Crippen molar-refractivity contribution >= 4 is 11.2 Å². The van der Waals surface area contributed by atoms with Gasteiger partial charge in [0.05, 0.1) is 6.54 Å². The van der Waals surface area contributed by atoms with Gasteiger partial charge in [0.25, 0.3) is 5.56 Å². The van der Waals surface area contributed by atoms with Crippen LogP contribution in [-0.2, 0) is 6.54 Å². The molecule has 118 valence electrons. The maximum Gasteiger partial charge on any atom is 0.330 e. The van der Waals surface area contributed by atoms with Gasteiger partial charge in [0.1, 0.15) is 11.3 Å². The number of nitrogens with zero attached hydrogens (tertiary/aromatic N) is 2. The van der Waals surface area contributed by atoms with E-state index in [1.54, 1.807) is 0 Å². The molecule has 0 spiro atoms. The molecular weight excluding hydrogens is 292 g/mol. The lowest BCUT2D eigenvalue weighted by atomic mass is 10.1. The Kier molecular flexibility index (Phi) is 3.37. The van der Waals surface area contributed by atoms with Crippen molar-refractivity contribution in [2.24, 2.45) is 0 Å². The molecule has 0 aliphatic heterocycles. The van der Waals surface area contributed by atoms with Gasteiger partial charge >= 0.3 is 5.69 Å². The van der Waals surface area contributed by atoms with Crippen molar-refractivity contribution in [1.82, 2.24) is 19.5 Å². The van der Waals surface area contributed by atoms with Crippen LogP contribution < -0.4 is 11.2 Å². The van der Waals surface area contributed by atoms with Crippen LogP contribution in [0.1, 0.15) is 43.0 Å². The molecule has 1 fully saturated rings. The van der Waals surface area contributed by atoms with Crippen LogP contribution >= 0.6 is 0 Å². The molecule has 1 saturated carbocycles. The van der Waals surface area contributed by atoms with Gasteiger partial charge in [-0.2, -0.15) is 0 Å². The molecule has 0 unspecified atom stereocenters. The van der Waals surface area contributed by atoms with Crippen LogP contribution in [0.25, 0.3) is 11.2 Å². The molecule has 1 aliphatic rings. The number of benzene rings is 1. The second kappa shape index (κ2) is 5.53. The van der Waals surface area contributed by atoms with Crippen molar-refractivity contribution in [3.63, 3.8) is 0 Å². The first-order valence-corrected chi connectivity index (χ1v) is 7.99. The highest BCUT2D eigenvalue weighted by Gasteiger charge is 2.22. The van der Waals surface area contributed by atoms with Gasteiger partial charge in [0.15, 0.2) is 5.65 Å². The normalized spacial score (nSPS) is 15.5. The minimum atomic E-state index is -0.421. The second-order valence-electron chi connectivity index (χ2n) is 6.13. The molecule has 1 aliphatic carbocycles. The lowest BCUT2D eigenvalue weighted by Crippen LogP contribution is -2.30. The molecule has 2 N–H and O–H groups in total. The molecule has 6 heteroatoms. The highest BCUT2D eigenvalue weighted by atomic mass is 16.2. The lowest BCUT2D eigenvalue weighted by molar-refractivity contribution is 0.678. The molecule has 6 nitrogen and oxygen atoms in total. The van der Waals surface area contributed by atoms with Crippen molar-refractivity contribution < 1.29 is 0 Å². The van der Waals surface area contributed by atoms with Crippen LogP contribution in [0, 0.1) is 0 Å². The Morgan fingerprint density at radius 1 is 1.09 bits per heavy atom. The zero-order valence-corrected chi connectivity index (χ0v) is 12.7. The predicted octanol–water partition coefficient (Wildman–Crippen LogP) is 2.12. The Hall–Kier alpha value is -2.63. The SMILES string of the molecule is O=c1[nH]c(=O)n(Cc2ccccc2)c2nc(C3CCCC3)[nH]c12.